The summed E-state index contributed by atoms with van der Waals surface area (Å²) in [6.45, 7) is 0. The molecule has 2 heterocycles. The first kappa shape index (κ1) is 13.3. The first-order valence-electron chi connectivity index (χ1n) is 7.35. The molecule has 3 aromatic rings. The van der Waals surface area contributed by atoms with Gasteiger partial charge in [-0.15, -0.1) is 11.3 Å². The Morgan fingerprint density at radius 1 is 0.909 bits per heavy atom. The third kappa shape index (κ3) is 2.14. The van der Waals surface area contributed by atoms with Gasteiger partial charge in [-0.25, -0.2) is 0 Å². The molecule has 1 aromatic heterocycles. The predicted octanol–water partition coefficient (Wildman–Crippen LogP) is 4.75. The minimum absolute atomic E-state index is 0.0879. The maximum absolute atomic E-state index is 13.0. The lowest BCUT2D eigenvalue weighted by atomic mass is 9.97. The average molecular weight is 305 g/mol. The molecule has 3 heteroatoms. The van der Waals surface area contributed by atoms with Crippen molar-refractivity contribution < 1.29 is 4.79 Å². The van der Waals surface area contributed by atoms with E-state index in [1.54, 1.807) is 11.3 Å². The van der Waals surface area contributed by atoms with Gasteiger partial charge in [0.05, 0.1) is 11.6 Å². The zero-order valence-corrected chi connectivity index (χ0v) is 12.8. The van der Waals surface area contributed by atoms with Gasteiger partial charge in [-0.2, -0.15) is 0 Å². The zero-order chi connectivity index (χ0) is 14.9. The minimum Gasteiger partial charge on any atom is -0.280 e. The second kappa shape index (κ2) is 5.43. The number of benzene rings is 2. The quantitative estimate of drug-likeness (QED) is 0.683. The van der Waals surface area contributed by atoms with Crippen LogP contribution in [0.25, 0.3) is 0 Å². The van der Waals surface area contributed by atoms with Crippen molar-refractivity contribution in [2.45, 2.75) is 12.3 Å². The fourth-order valence-corrected chi connectivity index (χ4v) is 3.82. The number of carbonyl (C=O) groups is 1. The number of hydrogen-bond acceptors (Lipinski definition) is 2. The summed E-state index contributed by atoms with van der Waals surface area (Å²) in [4.78, 5) is 16.1. The molecule has 0 saturated heterocycles. The largest absolute Gasteiger partial charge is 0.280 e. The van der Waals surface area contributed by atoms with Gasteiger partial charge in [-0.05, 0) is 41.6 Å². The molecule has 1 aliphatic heterocycles. The standard InChI is InChI=1S/C19H15NOS/c21-19-17(13-15-9-6-12-22-15)16-10-4-5-11-18(16)20(19)14-7-2-1-3-8-14/h1-12,17H,13H2/t17-/m1/s1. The van der Waals surface area contributed by atoms with Crippen molar-refractivity contribution >= 4 is 28.6 Å². The molecule has 4 rings (SSSR count). The predicted molar refractivity (Wildman–Crippen MR) is 90.8 cm³/mol. The molecule has 108 valence electrons. The van der Waals surface area contributed by atoms with E-state index in [0.717, 1.165) is 23.4 Å². The molecule has 0 N–H and O–H groups in total. The van der Waals surface area contributed by atoms with Crippen LogP contribution in [0.2, 0.25) is 0 Å². The molecule has 1 atom stereocenters. The number of rotatable bonds is 3. The number of carbonyl (C=O) groups excluding carboxylic acids is 1. The smallest absolute Gasteiger partial charge is 0.239 e. The highest BCUT2D eigenvalue weighted by Gasteiger charge is 2.37. The second-order valence-electron chi connectivity index (χ2n) is 5.40. The maximum atomic E-state index is 13.0. The maximum Gasteiger partial charge on any atom is 0.239 e. The summed E-state index contributed by atoms with van der Waals surface area (Å²) < 4.78 is 0. The molecule has 22 heavy (non-hydrogen) atoms. The molecular formula is C19H15NOS. The van der Waals surface area contributed by atoms with E-state index in [2.05, 4.69) is 17.5 Å². The summed E-state index contributed by atoms with van der Waals surface area (Å²) in [5.41, 5.74) is 3.08. The van der Waals surface area contributed by atoms with E-state index in [-0.39, 0.29) is 11.8 Å². The highest BCUT2D eigenvalue weighted by atomic mass is 32.1. The van der Waals surface area contributed by atoms with E-state index >= 15 is 0 Å². The van der Waals surface area contributed by atoms with Crippen molar-refractivity contribution in [3.05, 3.63) is 82.6 Å². The van der Waals surface area contributed by atoms with Gasteiger partial charge in [-0.3, -0.25) is 9.69 Å². The van der Waals surface area contributed by atoms with Crippen LogP contribution in [-0.4, -0.2) is 5.91 Å². The normalized spacial score (nSPS) is 16.8. The number of anilines is 2. The van der Waals surface area contributed by atoms with Crippen LogP contribution < -0.4 is 4.90 Å². The van der Waals surface area contributed by atoms with Gasteiger partial charge >= 0.3 is 0 Å². The molecule has 0 aliphatic carbocycles. The van der Waals surface area contributed by atoms with Crippen molar-refractivity contribution in [2.24, 2.45) is 0 Å². The Kier molecular flexibility index (Phi) is 3.28. The van der Waals surface area contributed by atoms with Crippen LogP contribution in [0.1, 0.15) is 16.4 Å². The van der Waals surface area contributed by atoms with Crippen LogP contribution in [0.15, 0.2) is 72.1 Å². The van der Waals surface area contributed by atoms with Crippen LogP contribution in [0, 0.1) is 0 Å². The van der Waals surface area contributed by atoms with E-state index < -0.39 is 0 Å². The fraction of sp³-hybridized carbons (Fsp3) is 0.105. The van der Waals surface area contributed by atoms with Gasteiger partial charge in [0.15, 0.2) is 0 Å². The van der Waals surface area contributed by atoms with Gasteiger partial charge in [0.1, 0.15) is 0 Å². The van der Waals surface area contributed by atoms with E-state index in [9.17, 15) is 4.79 Å². The topological polar surface area (TPSA) is 20.3 Å². The molecule has 2 nitrogen and oxygen atoms in total. The van der Waals surface area contributed by atoms with Crippen molar-refractivity contribution in [2.75, 3.05) is 4.90 Å². The molecule has 0 bridgehead atoms. The number of thiophene rings is 1. The summed E-state index contributed by atoms with van der Waals surface area (Å²) in [5, 5.41) is 2.07. The number of amides is 1. The first-order valence-corrected chi connectivity index (χ1v) is 8.23. The molecular weight excluding hydrogens is 290 g/mol. The fourth-order valence-electron chi connectivity index (χ4n) is 3.06. The number of hydrogen-bond donors (Lipinski definition) is 0. The summed E-state index contributed by atoms with van der Waals surface area (Å²) in [7, 11) is 0. The molecule has 2 aromatic carbocycles. The van der Waals surface area contributed by atoms with Crippen LogP contribution in [0.4, 0.5) is 11.4 Å². The van der Waals surface area contributed by atoms with Crippen LogP contribution in [0.3, 0.4) is 0 Å². The molecule has 0 saturated carbocycles. The molecule has 0 radical (unpaired) electrons. The monoisotopic (exact) mass is 305 g/mol. The summed E-state index contributed by atoms with van der Waals surface area (Å²) in [6.07, 6.45) is 0.775. The van der Waals surface area contributed by atoms with Gasteiger partial charge in [-0.1, -0.05) is 42.5 Å². The van der Waals surface area contributed by atoms with E-state index in [1.807, 2.05) is 59.5 Å². The highest BCUT2D eigenvalue weighted by molar-refractivity contribution is 7.09. The lowest BCUT2D eigenvalue weighted by Gasteiger charge is -2.18. The second-order valence-corrected chi connectivity index (χ2v) is 6.44. The Balaban J connectivity index is 1.78. The Labute approximate surface area is 133 Å². The van der Waals surface area contributed by atoms with Gasteiger partial charge in [0.25, 0.3) is 0 Å². The SMILES string of the molecule is O=C1[C@H](Cc2cccs2)c2ccccc2N1c1ccccc1. The molecule has 0 spiro atoms. The van der Waals surface area contributed by atoms with Crippen LogP contribution in [-0.2, 0) is 11.2 Å². The van der Waals surface area contributed by atoms with Gasteiger partial charge in [0, 0.05) is 10.6 Å². The molecule has 0 fully saturated rings. The van der Waals surface area contributed by atoms with Crippen molar-refractivity contribution in [1.82, 2.24) is 0 Å². The van der Waals surface area contributed by atoms with E-state index in [0.29, 0.717) is 0 Å². The van der Waals surface area contributed by atoms with Crippen molar-refractivity contribution in [3.63, 3.8) is 0 Å². The van der Waals surface area contributed by atoms with Gasteiger partial charge in [0.2, 0.25) is 5.91 Å². The minimum atomic E-state index is -0.0879. The average Bonchev–Trinajstić information content (AvgIpc) is 3.16. The Hall–Kier alpha value is -2.39. The molecule has 1 amide bonds. The Morgan fingerprint density at radius 2 is 1.68 bits per heavy atom. The lowest BCUT2D eigenvalue weighted by molar-refractivity contribution is -0.118. The van der Waals surface area contributed by atoms with E-state index in [4.69, 9.17) is 0 Å². The molecule has 1 aliphatic rings. The van der Waals surface area contributed by atoms with E-state index in [1.165, 1.54) is 4.88 Å². The number of fused-ring (bicyclic) bond motifs is 1. The highest BCUT2D eigenvalue weighted by Crippen LogP contribution is 2.43. The lowest BCUT2D eigenvalue weighted by Crippen LogP contribution is -2.24. The third-order valence-corrected chi connectivity index (χ3v) is 4.97. The number of nitrogens with zero attached hydrogens (tertiary/aromatic N) is 1. The third-order valence-electron chi connectivity index (χ3n) is 4.07. The molecule has 0 unspecified atom stereocenters. The van der Waals surface area contributed by atoms with Crippen LogP contribution >= 0.6 is 11.3 Å². The summed E-state index contributed by atoms with van der Waals surface area (Å²) >= 11 is 1.71. The zero-order valence-electron chi connectivity index (χ0n) is 12.0. The van der Waals surface area contributed by atoms with Crippen molar-refractivity contribution in [3.8, 4) is 0 Å². The Morgan fingerprint density at radius 3 is 2.45 bits per heavy atom. The van der Waals surface area contributed by atoms with Gasteiger partial charge < -0.3 is 0 Å². The van der Waals surface area contributed by atoms with Crippen molar-refractivity contribution in [1.29, 1.82) is 0 Å². The summed E-state index contributed by atoms with van der Waals surface area (Å²) in [5.74, 6) is 0.0795. The summed E-state index contributed by atoms with van der Waals surface area (Å²) in [6, 6.07) is 22.2. The Bertz CT molecular complexity index is 795. The van der Waals surface area contributed by atoms with Crippen LogP contribution in [0.5, 0.6) is 0 Å². The number of para-hydroxylation sites is 2. The first-order chi connectivity index (χ1) is 10.8.